The summed E-state index contributed by atoms with van der Waals surface area (Å²) in [6.45, 7) is 0.458. The Balaban J connectivity index is 1.51. The highest BCUT2D eigenvalue weighted by molar-refractivity contribution is 5.98. The number of rotatable bonds is 8. The molecule has 9 nitrogen and oxygen atoms in total. The summed E-state index contributed by atoms with van der Waals surface area (Å²) in [6.07, 6.45) is 6.43. The number of carbonyl (C=O) groups excluding carboxylic acids is 2. The van der Waals surface area contributed by atoms with Gasteiger partial charge in [-0.15, -0.1) is 0 Å². The Morgan fingerprint density at radius 1 is 0.971 bits per heavy atom. The van der Waals surface area contributed by atoms with Gasteiger partial charge in [0, 0.05) is 62.1 Å². The Hall–Kier alpha value is -4.79. The second kappa shape index (κ2) is 10.4. The Morgan fingerprint density at radius 2 is 1.77 bits per heavy atom. The molecule has 2 amide bonds. The quantitative estimate of drug-likeness (QED) is 0.361. The molecular formula is C26H25N7O2. The minimum atomic E-state index is -0.577. The summed E-state index contributed by atoms with van der Waals surface area (Å²) in [7, 11) is 3.42. The predicted molar refractivity (Wildman–Crippen MR) is 135 cm³/mol. The average Bonchev–Trinajstić information content (AvgIpc) is 2.88. The van der Waals surface area contributed by atoms with Crippen LogP contribution in [0.1, 0.15) is 26.3 Å². The molecule has 0 radical (unpaired) electrons. The Morgan fingerprint density at radius 3 is 2.46 bits per heavy atom. The maximum Gasteiger partial charge on any atom is 0.253 e. The fourth-order valence-electron chi connectivity index (χ4n) is 3.45. The lowest BCUT2D eigenvalue weighted by Gasteiger charge is -2.14. The molecule has 0 aliphatic carbocycles. The molecule has 4 N–H and O–H groups in total. The van der Waals surface area contributed by atoms with E-state index in [4.69, 9.17) is 5.73 Å². The number of nitrogens with zero attached hydrogens (tertiary/aromatic N) is 4. The molecule has 0 aliphatic heterocycles. The number of benzene rings is 2. The second-order valence-corrected chi connectivity index (χ2v) is 8.03. The first kappa shape index (κ1) is 23.4. The lowest BCUT2D eigenvalue weighted by molar-refractivity contribution is 0.0827. The molecule has 0 saturated carbocycles. The van der Waals surface area contributed by atoms with E-state index < -0.39 is 5.91 Å². The fraction of sp³-hybridized carbons (Fsp3) is 0.115. The number of primary amides is 1. The van der Waals surface area contributed by atoms with Crippen molar-refractivity contribution in [1.29, 1.82) is 0 Å². The molecule has 2 aromatic carbocycles. The fourth-order valence-corrected chi connectivity index (χ4v) is 3.45. The van der Waals surface area contributed by atoms with E-state index in [1.165, 1.54) is 11.1 Å². The van der Waals surface area contributed by atoms with Crippen LogP contribution in [0.25, 0.3) is 11.3 Å². The molecular weight excluding hydrogens is 442 g/mol. The van der Waals surface area contributed by atoms with E-state index in [2.05, 4.69) is 25.6 Å². The van der Waals surface area contributed by atoms with Crippen LogP contribution in [0.4, 0.5) is 17.2 Å². The standard InChI is InChI=1S/C26H25N7O2/c1-33(2)26(35)18-6-8-20(9-7-18)32-24-13-22(21(15-31-24)25(27)34)30-14-17-4-3-5-19(12-17)23-16-28-10-11-29-23/h3-13,15-16H,14H2,1-2H3,(H2,27,34)(H2,30,31,32). The van der Waals surface area contributed by atoms with E-state index in [-0.39, 0.29) is 11.5 Å². The largest absolute Gasteiger partial charge is 0.380 e. The highest BCUT2D eigenvalue weighted by atomic mass is 16.2. The van der Waals surface area contributed by atoms with Gasteiger partial charge in [-0.1, -0.05) is 18.2 Å². The molecule has 176 valence electrons. The summed E-state index contributed by atoms with van der Waals surface area (Å²) in [5.74, 6) is -0.126. The van der Waals surface area contributed by atoms with Crippen LogP contribution in [0, 0.1) is 0 Å². The summed E-state index contributed by atoms with van der Waals surface area (Å²) in [6, 6.07) is 16.7. The second-order valence-electron chi connectivity index (χ2n) is 8.03. The zero-order valence-electron chi connectivity index (χ0n) is 19.4. The van der Waals surface area contributed by atoms with E-state index in [0.717, 1.165) is 22.5 Å². The van der Waals surface area contributed by atoms with Gasteiger partial charge >= 0.3 is 0 Å². The number of carbonyl (C=O) groups is 2. The number of anilines is 3. The summed E-state index contributed by atoms with van der Waals surface area (Å²) in [5.41, 5.74) is 10.5. The molecule has 2 aromatic heterocycles. The number of hydrogen-bond donors (Lipinski definition) is 3. The van der Waals surface area contributed by atoms with E-state index in [1.54, 1.807) is 63.0 Å². The normalized spacial score (nSPS) is 10.5. The van der Waals surface area contributed by atoms with Crippen LogP contribution in [0.15, 0.2) is 79.4 Å². The molecule has 4 aromatic rings. The van der Waals surface area contributed by atoms with Gasteiger partial charge in [-0.05, 0) is 35.9 Å². The van der Waals surface area contributed by atoms with Gasteiger partial charge in [0.1, 0.15) is 5.82 Å². The highest BCUT2D eigenvalue weighted by Crippen LogP contribution is 2.24. The molecule has 0 saturated heterocycles. The minimum absolute atomic E-state index is 0.0737. The maximum atomic E-state index is 12.1. The van der Waals surface area contributed by atoms with Crippen molar-refractivity contribution in [3.05, 3.63) is 96.1 Å². The van der Waals surface area contributed by atoms with Crippen molar-refractivity contribution < 1.29 is 9.59 Å². The van der Waals surface area contributed by atoms with Gasteiger partial charge in [0.05, 0.1) is 23.1 Å². The first-order chi connectivity index (χ1) is 16.9. The van der Waals surface area contributed by atoms with Crippen LogP contribution in [-0.2, 0) is 6.54 Å². The SMILES string of the molecule is CN(C)C(=O)c1ccc(Nc2cc(NCc3cccc(-c4cnccn4)c3)c(C(N)=O)cn2)cc1. The van der Waals surface area contributed by atoms with E-state index in [1.807, 2.05) is 24.3 Å². The topological polar surface area (TPSA) is 126 Å². The van der Waals surface area contributed by atoms with Crippen LogP contribution < -0.4 is 16.4 Å². The summed E-state index contributed by atoms with van der Waals surface area (Å²) >= 11 is 0. The molecule has 0 unspecified atom stereocenters. The lowest BCUT2D eigenvalue weighted by Crippen LogP contribution is -2.21. The van der Waals surface area contributed by atoms with Crippen molar-refractivity contribution in [3.63, 3.8) is 0 Å². The predicted octanol–water partition coefficient (Wildman–Crippen LogP) is 3.70. The number of aromatic nitrogens is 3. The number of amides is 2. The summed E-state index contributed by atoms with van der Waals surface area (Å²) in [4.78, 5) is 38.3. The van der Waals surface area contributed by atoms with E-state index in [9.17, 15) is 9.59 Å². The molecule has 0 spiro atoms. The third-order valence-corrected chi connectivity index (χ3v) is 5.25. The van der Waals surface area contributed by atoms with Crippen LogP contribution in [-0.4, -0.2) is 45.8 Å². The number of pyridine rings is 1. The third-order valence-electron chi connectivity index (χ3n) is 5.25. The van der Waals surface area contributed by atoms with Gasteiger partial charge in [0.15, 0.2) is 0 Å². The molecule has 35 heavy (non-hydrogen) atoms. The molecule has 0 fully saturated rings. The lowest BCUT2D eigenvalue weighted by atomic mass is 10.1. The number of nitrogens with two attached hydrogens (primary N) is 1. The molecule has 4 rings (SSSR count). The molecule has 0 aliphatic rings. The highest BCUT2D eigenvalue weighted by Gasteiger charge is 2.12. The van der Waals surface area contributed by atoms with Gasteiger partial charge in [-0.3, -0.25) is 19.6 Å². The average molecular weight is 468 g/mol. The van der Waals surface area contributed by atoms with E-state index >= 15 is 0 Å². The first-order valence-corrected chi connectivity index (χ1v) is 10.9. The van der Waals surface area contributed by atoms with Crippen molar-refractivity contribution >= 4 is 29.0 Å². The van der Waals surface area contributed by atoms with Gasteiger partial charge < -0.3 is 21.3 Å². The van der Waals surface area contributed by atoms with Crippen molar-refractivity contribution in [2.75, 3.05) is 24.7 Å². The van der Waals surface area contributed by atoms with Crippen LogP contribution in [0.2, 0.25) is 0 Å². The first-order valence-electron chi connectivity index (χ1n) is 10.9. The van der Waals surface area contributed by atoms with Crippen LogP contribution >= 0.6 is 0 Å². The maximum absolute atomic E-state index is 12.1. The Labute approximate surface area is 203 Å². The van der Waals surface area contributed by atoms with Crippen molar-refractivity contribution in [2.45, 2.75) is 6.54 Å². The third kappa shape index (κ3) is 5.77. The molecule has 0 bridgehead atoms. The van der Waals surface area contributed by atoms with Crippen LogP contribution in [0.5, 0.6) is 0 Å². The monoisotopic (exact) mass is 467 g/mol. The van der Waals surface area contributed by atoms with Crippen LogP contribution in [0.3, 0.4) is 0 Å². The molecule has 2 heterocycles. The van der Waals surface area contributed by atoms with E-state index in [0.29, 0.717) is 23.6 Å². The number of nitrogens with one attached hydrogen (secondary N) is 2. The minimum Gasteiger partial charge on any atom is -0.380 e. The van der Waals surface area contributed by atoms with Crippen molar-refractivity contribution in [2.24, 2.45) is 5.73 Å². The van der Waals surface area contributed by atoms with Crippen molar-refractivity contribution in [3.8, 4) is 11.3 Å². The van der Waals surface area contributed by atoms with Crippen molar-refractivity contribution in [1.82, 2.24) is 19.9 Å². The smallest absolute Gasteiger partial charge is 0.253 e. The molecule has 0 atom stereocenters. The Bertz CT molecular complexity index is 1340. The zero-order chi connectivity index (χ0) is 24.8. The van der Waals surface area contributed by atoms with Gasteiger partial charge in [0.25, 0.3) is 11.8 Å². The van der Waals surface area contributed by atoms with Gasteiger partial charge in [-0.25, -0.2) is 4.98 Å². The Kier molecular flexibility index (Phi) is 6.96. The summed E-state index contributed by atoms with van der Waals surface area (Å²) in [5, 5.41) is 6.48. The molecule has 9 heteroatoms. The van der Waals surface area contributed by atoms with Gasteiger partial charge in [0.2, 0.25) is 0 Å². The number of hydrogen-bond acceptors (Lipinski definition) is 7. The zero-order valence-corrected chi connectivity index (χ0v) is 19.4. The summed E-state index contributed by atoms with van der Waals surface area (Å²) < 4.78 is 0. The van der Waals surface area contributed by atoms with Gasteiger partial charge in [-0.2, -0.15) is 0 Å².